The Morgan fingerprint density at radius 1 is 1.00 bits per heavy atom. The molecule has 3 aliphatic rings. The Balaban J connectivity index is 1.29. The number of carbonyl (C=O) groups excluding carboxylic acids is 2. The summed E-state index contributed by atoms with van der Waals surface area (Å²) in [5.74, 6) is -5.82. The third-order valence-electron chi connectivity index (χ3n) is 7.48. The largest absolute Gasteiger partial charge is 0.494 e. The maximum atomic E-state index is 15.1. The first-order chi connectivity index (χ1) is 18.9. The Hall–Kier alpha value is -3.28. The lowest BCUT2D eigenvalue weighted by Crippen LogP contribution is -2.49. The SMILES string of the molecule is NC(=O)C1CCCN1C(=O)c1ccc(C2=CCC=C(OCC3CCN(CC(F)(F)C(F)(F)F)CC3)C=C2)c(F)c1. The van der Waals surface area contributed by atoms with Crippen LogP contribution in [0.4, 0.5) is 26.3 Å². The fourth-order valence-electron chi connectivity index (χ4n) is 5.17. The Morgan fingerprint density at radius 2 is 1.73 bits per heavy atom. The number of rotatable bonds is 8. The number of halogens is 6. The van der Waals surface area contributed by atoms with Gasteiger partial charge in [0, 0.05) is 17.7 Å². The van der Waals surface area contributed by atoms with Crippen LogP contribution in [-0.4, -0.2) is 72.5 Å². The van der Waals surface area contributed by atoms with Crippen LogP contribution < -0.4 is 5.73 Å². The highest BCUT2D eigenvalue weighted by Crippen LogP contribution is 2.37. The van der Waals surface area contributed by atoms with Crippen molar-refractivity contribution in [2.45, 2.75) is 50.2 Å². The van der Waals surface area contributed by atoms with Crippen LogP contribution in [0.1, 0.15) is 48.0 Å². The highest BCUT2D eigenvalue weighted by molar-refractivity contribution is 5.98. The number of nitrogens with two attached hydrogens (primary N) is 1. The normalized spacial score (nSPS) is 21.1. The van der Waals surface area contributed by atoms with Crippen LogP contribution in [-0.2, 0) is 9.53 Å². The third-order valence-corrected chi connectivity index (χ3v) is 7.48. The first-order valence-electron chi connectivity index (χ1n) is 13.1. The van der Waals surface area contributed by atoms with Gasteiger partial charge in [0.25, 0.3) is 5.91 Å². The molecule has 40 heavy (non-hydrogen) atoms. The third kappa shape index (κ3) is 6.89. The average molecular weight is 572 g/mol. The lowest BCUT2D eigenvalue weighted by molar-refractivity contribution is -0.287. The maximum Gasteiger partial charge on any atom is 0.454 e. The van der Waals surface area contributed by atoms with Crippen molar-refractivity contribution in [3.63, 3.8) is 0 Å². The van der Waals surface area contributed by atoms with E-state index in [0.717, 1.165) is 11.0 Å². The molecule has 0 radical (unpaired) electrons. The number of hydrogen-bond acceptors (Lipinski definition) is 4. The summed E-state index contributed by atoms with van der Waals surface area (Å²) in [6.07, 6.45) is 3.84. The molecule has 2 saturated heterocycles. The molecular weight excluding hydrogens is 540 g/mol. The molecule has 1 unspecified atom stereocenters. The topological polar surface area (TPSA) is 75.9 Å². The lowest BCUT2D eigenvalue weighted by atomic mass is 9.97. The van der Waals surface area contributed by atoms with Crippen LogP contribution in [0.3, 0.4) is 0 Å². The van der Waals surface area contributed by atoms with Gasteiger partial charge in [-0.2, -0.15) is 22.0 Å². The van der Waals surface area contributed by atoms with Gasteiger partial charge in [-0.15, -0.1) is 0 Å². The van der Waals surface area contributed by atoms with Gasteiger partial charge in [-0.1, -0.05) is 18.2 Å². The number of allylic oxidation sites excluding steroid dienone is 5. The van der Waals surface area contributed by atoms with Crippen molar-refractivity contribution in [3.05, 3.63) is 65.2 Å². The Morgan fingerprint density at radius 3 is 2.38 bits per heavy atom. The summed E-state index contributed by atoms with van der Waals surface area (Å²) in [6.45, 7) is -0.434. The summed E-state index contributed by atoms with van der Waals surface area (Å²) in [5.41, 5.74) is 6.39. The number of amides is 2. The van der Waals surface area contributed by atoms with Gasteiger partial charge in [-0.05, 0) is 81.0 Å². The zero-order valence-electron chi connectivity index (χ0n) is 21.7. The maximum absolute atomic E-state index is 15.1. The summed E-state index contributed by atoms with van der Waals surface area (Å²) in [4.78, 5) is 27.0. The predicted octanol–water partition coefficient (Wildman–Crippen LogP) is 5.07. The van der Waals surface area contributed by atoms with Crippen molar-refractivity contribution in [2.75, 3.05) is 32.8 Å². The summed E-state index contributed by atoms with van der Waals surface area (Å²) in [5, 5.41) is 0. The number of nitrogens with zero attached hydrogens (tertiary/aromatic N) is 2. The van der Waals surface area contributed by atoms with E-state index in [4.69, 9.17) is 10.5 Å². The molecule has 2 amide bonds. The first kappa shape index (κ1) is 29.7. The van der Waals surface area contributed by atoms with E-state index in [1.165, 1.54) is 17.0 Å². The average Bonchev–Trinajstić information content (AvgIpc) is 3.27. The van der Waals surface area contributed by atoms with Crippen LogP contribution in [0.25, 0.3) is 5.57 Å². The molecule has 0 bridgehead atoms. The van der Waals surface area contributed by atoms with E-state index in [2.05, 4.69) is 0 Å². The number of ether oxygens (including phenoxy) is 1. The second kappa shape index (κ2) is 12.1. The minimum atomic E-state index is -5.57. The zero-order chi connectivity index (χ0) is 29.1. The number of hydrogen-bond donors (Lipinski definition) is 1. The van der Waals surface area contributed by atoms with Gasteiger partial charge in [-0.3, -0.25) is 14.5 Å². The number of piperidine rings is 1. The molecule has 1 aromatic carbocycles. The summed E-state index contributed by atoms with van der Waals surface area (Å²) in [6, 6.07) is 3.48. The standard InChI is InChI=1S/C28H31F6N3O3/c29-23-15-20(26(39)37-12-2-5-24(37)25(35)38)7-9-22(23)19-3-1-4-21(8-6-19)40-16-18-10-13-36(14-11-18)17-27(30,31)28(32,33)34/h3-4,6-9,15,18,24H,1-2,5,10-14,16-17H2,(H2,35,38). The zero-order valence-corrected chi connectivity index (χ0v) is 21.7. The quantitative estimate of drug-likeness (QED) is 0.443. The smallest absolute Gasteiger partial charge is 0.454 e. The van der Waals surface area contributed by atoms with Crippen molar-refractivity contribution in [3.8, 4) is 0 Å². The monoisotopic (exact) mass is 571 g/mol. The van der Waals surface area contributed by atoms with Crippen molar-refractivity contribution in [2.24, 2.45) is 11.7 Å². The molecule has 0 spiro atoms. The second-order valence-electron chi connectivity index (χ2n) is 10.3. The molecule has 12 heteroatoms. The Labute approximate surface area is 228 Å². The summed E-state index contributed by atoms with van der Waals surface area (Å²) >= 11 is 0. The van der Waals surface area contributed by atoms with Gasteiger partial charge in [0.15, 0.2) is 0 Å². The minimum absolute atomic E-state index is 0.00744. The van der Waals surface area contributed by atoms with Gasteiger partial charge in [-0.25, -0.2) is 4.39 Å². The van der Waals surface area contributed by atoms with Gasteiger partial charge in [0.2, 0.25) is 5.91 Å². The van der Waals surface area contributed by atoms with E-state index in [1.807, 2.05) is 0 Å². The van der Waals surface area contributed by atoms with E-state index in [-0.39, 0.29) is 31.2 Å². The van der Waals surface area contributed by atoms with Gasteiger partial charge < -0.3 is 15.4 Å². The van der Waals surface area contributed by atoms with E-state index in [9.17, 15) is 31.5 Å². The van der Waals surface area contributed by atoms with Crippen LogP contribution in [0, 0.1) is 11.7 Å². The van der Waals surface area contributed by atoms with Crippen LogP contribution in [0.2, 0.25) is 0 Å². The highest BCUT2D eigenvalue weighted by atomic mass is 19.4. The van der Waals surface area contributed by atoms with Crippen LogP contribution in [0.5, 0.6) is 0 Å². The molecule has 4 rings (SSSR count). The van der Waals surface area contributed by atoms with Crippen LogP contribution >= 0.6 is 0 Å². The van der Waals surface area contributed by atoms with Crippen LogP contribution in [0.15, 0.2) is 48.3 Å². The molecule has 0 aromatic heterocycles. The number of carbonyl (C=O) groups is 2. The van der Waals surface area contributed by atoms with Gasteiger partial charge >= 0.3 is 12.1 Å². The molecule has 6 nitrogen and oxygen atoms in total. The Kier molecular flexibility index (Phi) is 8.96. The van der Waals surface area contributed by atoms with E-state index < -0.39 is 42.3 Å². The number of likely N-dealkylation sites (tertiary alicyclic amines) is 2. The second-order valence-corrected chi connectivity index (χ2v) is 10.3. The number of benzene rings is 1. The van der Waals surface area contributed by atoms with Crippen molar-refractivity contribution < 1.29 is 40.7 Å². The molecule has 0 saturated carbocycles. The lowest BCUT2D eigenvalue weighted by Gasteiger charge is -2.34. The summed E-state index contributed by atoms with van der Waals surface area (Å²) in [7, 11) is 0. The Bertz CT molecular complexity index is 1200. The molecular formula is C28H31F6N3O3. The summed E-state index contributed by atoms with van der Waals surface area (Å²) < 4.78 is 84.9. The fraction of sp³-hybridized carbons (Fsp3) is 0.500. The molecule has 1 atom stereocenters. The van der Waals surface area contributed by atoms with E-state index in [1.54, 1.807) is 24.3 Å². The molecule has 2 aliphatic heterocycles. The first-order valence-corrected chi connectivity index (χ1v) is 13.1. The number of alkyl halides is 5. The van der Waals surface area contributed by atoms with E-state index in [0.29, 0.717) is 55.5 Å². The molecule has 2 N–H and O–H groups in total. The van der Waals surface area contributed by atoms with Crippen molar-refractivity contribution >= 4 is 17.4 Å². The van der Waals surface area contributed by atoms with Gasteiger partial charge in [0.1, 0.15) is 17.6 Å². The van der Waals surface area contributed by atoms with Crippen molar-refractivity contribution in [1.82, 2.24) is 9.80 Å². The molecule has 2 fully saturated rings. The van der Waals surface area contributed by atoms with E-state index >= 15 is 4.39 Å². The molecule has 218 valence electrons. The molecule has 2 heterocycles. The minimum Gasteiger partial charge on any atom is -0.494 e. The number of primary amides is 1. The predicted molar refractivity (Wildman–Crippen MR) is 136 cm³/mol. The van der Waals surface area contributed by atoms with Gasteiger partial charge in [0.05, 0.1) is 13.2 Å². The highest BCUT2D eigenvalue weighted by Gasteiger charge is 2.58. The fourth-order valence-corrected chi connectivity index (χ4v) is 5.17. The molecule has 1 aromatic rings. The molecule has 1 aliphatic carbocycles. The van der Waals surface area contributed by atoms with Crippen molar-refractivity contribution in [1.29, 1.82) is 0 Å².